The second kappa shape index (κ2) is 6.39. The average Bonchev–Trinajstić information content (AvgIpc) is 2.56. The molecule has 1 heterocycles. The maximum atomic E-state index is 12.0. The molecule has 0 spiro atoms. The Morgan fingerprint density at radius 2 is 2.06 bits per heavy atom. The summed E-state index contributed by atoms with van der Waals surface area (Å²) in [5.74, 6) is 0.409. The van der Waals surface area contributed by atoms with Crippen LogP contribution in [-0.2, 0) is 11.3 Å². The first kappa shape index (κ1) is 15.3. The molecule has 0 aliphatic carbocycles. The fraction of sp³-hybridized carbons (Fsp3) is 0.643. The molecule has 3 nitrogen and oxygen atoms in total. The van der Waals surface area contributed by atoms with Crippen molar-refractivity contribution in [2.45, 2.75) is 39.6 Å². The van der Waals surface area contributed by atoms with E-state index in [4.69, 9.17) is 16.3 Å². The van der Waals surface area contributed by atoms with Crippen LogP contribution in [-0.4, -0.2) is 29.4 Å². The van der Waals surface area contributed by atoms with E-state index in [0.29, 0.717) is 12.5 Å². The predicted molar refractivity (Wildman–Crippen MR) is 74.6 cm³/mol. The molecule has 0 aromatic carbocycles. The summed E-state index contributed by atoms with van der Waals surface area (Å²) in [4.78, 5) is 12.0. The van der Waals surface area contributed by atoms with E-state index >= 15 is 0 Å². The monoisotopic (exact) mass is 271 g/mol. The van der Waals surface area contributed by atoms with Gasteiger partial charge in [-0.3, -0.25) is 4.79 Å². The Morgan fingerprint density at radius 3 is 2.56 bits per heavy atom. The van der Waals surface area contributed by atoms with Crippen LogP contribution in [0.4, 0.5) is 0 Å². The van der Waals surface area contributed by atoms with Gasteiger partial charge >= 0.3 is 0 Å². The zero-order valence-corrected chi connectivity index (χ0v) is 12.5. The summed E-state index contributed by atoms with van der Waals surface area (Å²) in [6, 6.07) is 1.93. The first-order valence-electron chi connectivity index (χ1n) is 6.22. The summed E-state index contributed by atoms with van der Waals surface area (Å²) >= 11 is 5.87. The molecule has 1 aromatic rings. The van der Waals surface area contributed by atoms with E-state index in [1.54, 1.807) is 14.0 Å². The minimum atomic E-state index is -0.477. The Labute approximate surface area is 114 Å². The first-order valence-corrected chi connectivity index (χ1v) is 6.66. The highest BCUT2D eigenvalue weighted by molar-refractivity contribution is 6.33. The molecule has 0 aliphatic heterocycles. The van der Waals surface area contributed by atoms with E-state index in [2.05, 4.69) is 11.5 Å². The van der Waals surface area contributed by atoms with Crippen LogP contribution in [0.2, 0.25) is 0 Å². The summed E-state index contributed by atoms with van der Waals surface area (Å²) in [6.07, 6.45) is 0. The van der Waals surface area contributed by atoms with E-state index in [9.17, 15) is 4.79 Å². The molecular weight excluding hydrogens is 250 g/mol. The van der Waals surface area contributed by atoms with Gasteiger partial charge in [-0.25, -0.2) is 0 Å². The molecule has 0 aliphatic rings. The van der Waals surface area contributed by atoms with Gasteiger partial charge in [0.05, 0.1) is 12.0 Å². The Balaban J connectivity index is 2.97. The van der Waals surface area contributed by atoms with E-state index in [-0.39, 0.29) is 5.78 Å². The minimum Gasteiger partial charge on any atom is -0.384 e. The van der Waals surface area contributed by atoms with Crippen LogP contribution in [0.1, 0.15) is 35.6 Å². The molecule has 2 atom stereocenters. The summed E-state index contributed by atoms with van der Waals surface area (Å²) in [5.41, 5.74) is 2.82. The van der Waals surface area contributed by atoms with Crippen LogP contribution in [0.5, 0.6) is 0 Å². The van der Waals surface area contributed by atoms with Gasteiger partial charge in [-0.2, -0.15) is 0 Å². The fourth-order valence-corrected chi connectivity index (χ4v) is 2.31. The second-order valence-electron chi connectivity index (χ2n) is 4.94. The average molecular weight is 272 g/mol. The molecule has 2 unspecified atom stereocenters. The van der Waals surface area contributed by atoms with Crippen LogP contribution in [0, 0.1) is 19.8 Å². The van der Waals surface area contributed by atoms with Gasteiger partial charge in [-0.15, -0.1) is 11.6 Å². The van der Waals surface area contributed by atoms with Gasteiger partial charge in [-0.1, -0.05) is 6.92 Å². The van der Waals surface area contributed by atoms with Crippen LogP contribution in [0.25, 0.3) is 0 Å². The molecule has 102 valence electrons. The lowest BCUT2D eigenvalue weighted by Gasteiger charge is -2.15. The Bertz CT molecular complexity index is 424. The van der Waals surface area contributed by atoms with Gasteiger partial charge in [0.2, 0.25) is 0 Å². The van der Waals surface area contributed by atoms with Gasteiger partial charge in [0, 0.05) is 30.6 Å². The summed E-state index contributed by atoms with van der Waals surface area (Å²) in [5, 5.41) is -0.477. The molecule has 0 radical (unpaired) electrons. The largest absolute Gasteiger partial charge is 0.384 e. The number of alkyl halides is 1. The maximum absolute atomic E-state index is 12.0. The van der Waals surface area contributed by atoms with E-state index in [1.165, 1.54) is 0 Å². The molecule has 0 N–H and O–H groups in total. The number of nitrogens with zero attached hydrogens (tertiary/aromatic N) is 1. The van der Waals surface area contributed by atoms with Gasteiger partial charge in [0.15, 0.2) is 5.78 Å². The van der Waals surface area contributed by atoms with Crippen LogP contribution in [0.3, 0.4) is 0 Å². The van der Waals surface area contributed by atoms with Crippen molar-refractivity contribution in [3.8, 4) is 0 Å². The zero-order valence-electron chi connectivity index (χ0n) is 11.8. The molecule has 0 bridgehead atoms. The molecule has 0 fully saturated rings. The van der Waals surface area contributed by atoms with Crippen LogP contribution in [0.15, 0.2) is 6.07 Å². The van der Waals surface area contributed by atoms with Gasteiger partial charge < -0.3 is 9.30 Å². The molecule has 18 heavy (non-hydrogen) atoms. The van der Waals surface area contributed by atoms with Crippen molar-refractivity contribution in [3.05, 3.63) is 23.0 Å². The van der Waals surface area contributed by atoms with Gasteiger partial charge in [-0.05, 0) is 32.8 Å². The van der Waals surface area contributed by atoms with Crippen molar-refractivity contribution in [2.75, 3.05) is 13.7 Å². The van der Waals surface area contributed by atoms with Gasteiger partial charge in [0.25, 0.3) is 0 Å². The van der Waals surface area contributed by atoms with Crippen molar-refractivity contribution in [1.29, 1.82) is 0 Å². The highest BCUT2D eigenvalue weighted by atomic mass is 35.5. The number of halogens is 1. The zero-order chi connectivity index (χ0) is 13.9. The Morgan fingerprint density at radius 1 is 1.44 bits per heavy atom. The molecular formula is C14H22ClNO2. The number of ketones is 1. The topological polar surface area (TPSA) is 31.2 Å². The van der Waals surface area contributed by atoms with Crippen molar-refractivity contribution in [1.82, 2.24) is 4.57 Å². The third-order valence-electron chi connectivity index (χ3n) is 3.15. The number of Topliss-reactive ketones (excluding diaryl/α,β-unsaturated/α-hetero) is 1. The molecule has 0 amide bonds. The van der Waals surface area contributed by atoms with Crippen LogP contribution < -0.4 is 0 Å². The first-order chi connectivity index (χ1) is 8.38. The molecule has 4 heteroatoms. The number of hydrogen-bond acceptors (Lipinski definition) is 2. The summed E-state index contributed by atoms with van der Waals surface area (Å²) in [6.45, 7) is 9.40. The number of ether oxygens (including phenoxy) is 1. The quantitative estimate of drug-likeness (QED) is 0.588. The highest BCUT2D eigenvalue weighted by Crippen LogP contribution is 2.20. The minimum absolute atomic E-state index is 0.00425. The third kappa shape index (κ3) is 3.36. The number of methoxy groups -OCH3 is 1. The van der Waals surface area contributed by atoms with Crippen molar-refractivity contribution in [2.24, 2.45) is 5.92 Å². The lowest BCUT2D eigenvalue weighted by molar-refractivity contribution is 0.0991. The Hall–Kier alpha value is -0.800. The van der Waals surface area contributed by atoms with Crippen molar-refractivity contribution < 1.29 is 9.53 Å². The van der Waals surface area contributed by atoms with Crippen LogP contribution >= 0.6 is 11.6 Å². The van der Waals surface area contributed by atoms with E-state index in [0.717, 1.165) is 23.5 Å². The summed E-state index contributed by atoms with van der Waals surface area (Å²) in [7, 11) is 1.70. The molecule has 1 rings (SSSR count). The number of aryl methyl sites for hydroxylation is 1. The van der Waals surface area contributed by atoms with Crippen molar-refractivity contribution in [3.63, 3.8) is 0 Å². The Kier molecular flexibility index (Phi) is 5.42. The number of aromatic nitrogens is 1. The number of rotatable bonds is 6. The fourth-order valence-electron chi connectivity index (χ4n) is 2.19. The SMILES string of the molecule is COCC(C)Cn1c(C)cc(C(=O)C(C)Cl)c1C. The lowest BCUT2D eigenvalue weighted by Crippen LogP contribution is -2.16. The molecule has 0 saturated carbocycles. The summed E-state index contributed by atoms with van der Waals surface area (Å²) < 4.78 is 7.31. The molecule has 0 saturated heterocycles. The number of carbonyl (C=O) groups excluding carboxylic acids is 1. The van der Waals surface area contributed by atoms with Crippen molar-refractivity contribution >= 4 is 17.4 Å². The highest BCUT2D eigenvalue weighted by Gasteiger charge is 2.19. The number of hydrogen-bond donors (Lipinski definition) is 0. The van der Waals surface area contributed by atoms with E-state index < -0.39 is 5.38 Å². The maximum Gasteiger partial charge on any atom is 0.182 e. The van der Waals surface area contributed by atoms with E-state index in [1.807, 2.05) is 19.9 Å². The predicted octanol–water partition coefficient (Wildman–Crippen LogP) is 3.20. The van der Waals surface area contributed by atoms with Gasteiger partial charge in [0.1, 0.15) is 0 Å². The molecule has 1 aromatic heterocycles. The lowest BCUT2D eigenvalue weighted by atomic mass is 10.1. The normalized spacial score (nSPS) is 14.6. The third-order valence-corrected chi connectivity index (χ3v) is 3.34. The standard InChI is InChI=1S/C14H22ClNO2/c1-9(8-18-5)7-16-10(2)6-13(12(16)4)14(17)11(3)15/h6,9,11H,7-8H2,1-5H3. The number of carbonyl (C=O) groups is 1. The second-order valence-corrected chi connectivity index (χ2v) is 5.59. The smallest absolute Gasteiger partial charge is 0.182 e.